The Morgan fingerprint density at radius 2 is 1.95 bits per heavy atom. The van der Waals surface area contributed by atoms with E-state index in [1.165, 1.54) is 5.54 Å². The molecule has 1 N–H and O–H groups in total. The summed E-state index contributed by atoms with van der Waals surface area (Å²) in [7, 11) is 0. The molecule has 118 valence electrons. The number of nitrogens with one attached hydrogen (secondary N) is 1. The molecule has 1 aromatic rings. The van der Waals surface area contributed by atoms with Crippen molar-refractivity contribution in [3.8, 4) is 11.5 Å². The Morgan fingerprint density at radius 1 is 1.24 bits per heavy atom. The molecule has 0 aliphatic rings. The normalized spacial score (nSPS) is 12.4. The molecule has 0 aliphatic heterocycles. The highest BCUT2D eigenvalue weighted by atomic mass is 35.5. The molecule has 0 aromatic heterocycles. The summed E-state index contributed by atoms with van der Waals surface area (Å²) < 4.78 is 11.2. The SMILES string of the molecule is CCOc1cc(CNC(C)(C)C)ccc1OCC(Cl)=CCl. The topological polar surface area (TPSA) is 30.5 Å². The molecule has 3 nitrogen and oxygen atoms in total. The quantitative estimate of drug-likeness (QED) is 0.787. The number of halogens is 2. The van der Waals surface area contributed by atoms with Crippen LogP contribution in [0.1, 0.15) is 33.3 Å². The Balaban J connectivity index is 2.80. The van der Waals surface area contributed by atoms with E-state index in [1.807, 2.05) is 25.1 Å². The van der Waals surface area contributed by atoms with Gasteiger partial charge in [0.25, 0.3) is 0 Å². The zero-order valence-corrected chi connectivity index (χ0v) is 14.5. The highest BCUT2D eigenvalue weighted by molar-refractivity contribution is 6.36. The van der Waals surface area contributed by atoms with Gasteiger partial charge < -0.3 is 14.8 Å². The van der Waals surface area contributed by atoms with E-state index in [2.05, 4.69) is 26.1 Å². The molecule has 0 atom stereocenters. The summed E-state index contributed by atoms with van der Waals surface area (Å²) in [5.74, 6) is 1.37. The lowest BCUT2D eigenvalue weighted by molar-refractivity contribution is 0.295. The van der Waals surface area contributed by atoms with Crippen molar-refractivity contribution < 1.29 is 9.47 Å². The van der Waals surface area contributed by atoms with Crippen LogP contribution in [0.2, 0.25) is 0 Å². The van der Waals surface area contributed by atoms with E-state index in [0.29, 0.717) is 23.1 Å². The number of hydrogen-bond donors (Lipinski definition) is 1. The third-order valence-electron chi connectivity index (χ3n) is 2.61. The van der Waals surface area contributed by atoms with Gasteiger partial charge in [0.15, 0.2) is 11.5 Å². The summed E-state index contributed by atoms with van der Waals surface area (Å²) in [4.78, 5) is 0. The molecular formula is C16H23Cl2NO2. The minimum absolute atomic E-state index is 0.0691. The first-order valence-electron chi connectivity index (χ1n) is 6.94. The van der Waals surface area contributed by atoms with Crippen molar-refractivity contribution in [2.24, 2.45) is 0 Å². The zero-order valence-electron chi connectivity index (χ0n) is 13.0. The van der Waals surface area contributed by atoms with Gasteiger partial charge in [-0.25, -0.2) is 0 Å². The molecule has 1 rings (SSSR count). The highest BCUT2D eigenvalue weighted by Crippen LogP contribution is 2.29. The summed E-state index contributed by atoms with van der Waals surface area (Å²) in [6, 6.07) is 5.88. The minimum atomic E-state index is 0.0691. The summed E-state index contributed by atoms with van der Waals surface area (Å²) in [5, 5.41) is 3.88. The molecule has 0 amide bonds. The Bertz CT molecular complexity index is 482. The number of hydrogen-bond acceptors (Lipinski definition) is 3. The lowest BCUT2D eigenvalue weighted by atomic mass is 10.1. The van der Waals surface area contributed by atoms with E-state index in [1.54, 1.807) is 0 Å². The maximum Gasteiger partial charge on any atom is 0.161 e. The molecule has 0 bridgehead atoms. The first-order valence-corrected chi connectivity index (χ1v) is 7.75. The van der Waals surface area contributed by atoms with Gasteiger partial charge in [0.2, 0.25) is 0 Å². The number of rotatable bonds is 7. The molecule has 0 fully saturated rings. The highest BCUT2D eigenvalue weighted by Gasteiger charge is 2.11. The smallest absolute Gasteiger partial charge is 0.161 e. The van der Waals surface area contributed by atoms with Crippen molar-refractivity contribution in [3.63, 3.8) is 0 Å². The second-order valence-corrected chi connectivity index (χ2v) is 6.37. The first kappa shape index (κ1) is 18.1. The van der Waals surface area contributed by atoms with E-state index in [-0.39, 0.29) is 12.1 Å². The molecule has 0 radical (unpaired) electrons. The maximum atomic E-state index is 5.83. The van der Waals surface area contributed by atoms with Gasteiger partial charge in [0.1, 0.15) is 6.61 Å². The van der Waals surface area contributed by atoms with Crippen LogP contribution < -0.4 is 14.8 Å². The standard InChI is InChI=1S/C16H23Cl2NO2/c1-5-20-15-8-12(10-19-16(2,3)4)6-7-14(15)21-11-13(18)9-17/h6-9,19H,5,10-11H2,1-4H3. The average molecular weight is 332 g/mol. The third kappa shape index (κ3) is 7.07. The van der Waals surface area contributed by atoms with Crippen LogP contribution in [0.25, 0.3) is 0 Å². The number of benzene rings is 1. The van der Waals surface area contributed by atoms with Gasteiger partial charge in [0, 0.05) is 17.6 Å². The van der Waals surface area contributed by atoms with Gasteiger partial charge in [-0.15, -0.1) is 0 Å². The van der Waals surface area contributed by atoms with E-state index in [0.717, 1.165) is 12.1 Å². The maximum absolute atomic E-state index is 5.83. The van der Waals surface area contributed by atoms with Crippen LogP contribution in [0.3, 0.4) is 0 Å². The van der Waals surface area contributed by atoms with Crippen LogP contribution in [-0.2, 0) is 6.54 Å². The second kappa shape index (κ2) is 8.52. The van der Waals surface area contributed by atoms with Crippen LogP contribution >= 0.6 is 23.2 Å². The fourth-order valence-electron chi connectivity index (χ4n) is 1.60. The van der Waals surface area contributed by atoms with Gasteiger partial charge >= 0.3 is 0 Å². The molecule has 0 heterocycles. The predicted octanol–water partition coefficient (Wildman–Crippen LogP) is 4.67. The number of ether oxygens (including phenoxy) is 2. The zero-order chi connectivity index (χ0) is 15.9. The molecule has 1 aromatic carbocycles. The van der Waals surface area contributed by atoms with Gasteiger partial charge in [-0.2, -0.15) is 0 Å². The molecule has 0 unspecified atom stereocenters. The van der Waals surface area contributed by atoms with Crippen molar-refractivity contribution in [2.75, 3.05) is 13.2 Å². The molecule has 5 heteroatoms. The monoisotopic (exact) mass is 331 g/mol. The van der Waals surface area contributed by atoms with Crippen molar-refractivity contribution in [2.45, 2.75) is 39.8 Å². The molecule has 0 saturated carbocycles. The fourth-order valence-corrected chi connectivity index (χ4v) is 1.71. The van der Waals surface area contributed by atoms with Gasteiger partial charge in [-0.3, -0.25) is 0 Å². The van der Waals surface area contributed by atoms with E-state index in [9.17, 15) is 0 Å². The Morgan fingerprint density at radius 3 is 2.52 bits per heavy atom. The molecular weight excluding hydrogens is 309 g/mol. The van der Waals surface area contributed by atoms with E-state index in [4.69, 9.17) is 32.7 Å². The largest absolute Gasteiger partial charge is 0.490 e. The predicted molar refractivity (Wildman–Crippen MR) is 89.5 cm³/mol. The van der Waals surface area contributed by atoms with Crippen LogP contribution in [-0.4, -0.2) is 18.8 Å². The average Bonchev–Trinajstić information content (AvgIpc) is 2.43. The molecule has 0 spiro atoms. The summed E-state index contributed by atoms with van der Waals surface area (Å²) in [6.07, 6.45) is 0. The van der Waals surface area contributed by atoms with Gasteiger partial charge in [0.05, 0.1) is 11.6 Å². The molecule has 21 heavy (non-hydrogen) atoms. The Kier molecular flexibility index (Phi) is 7.36. The lowest BCUT2D eigenvalue weighted by Gasteiger charge is -2.21. The van der Waals surface area contributed by atoms with E-state index < -0.39 is 0 Å². The first-order chi connectivity index (χ1) is 9.85. The Labute approximate surface area is 137 Å². The van der Waals surface area contributed by atoms with Crippen LogP contribution in [0.4, 0.5) is 0 Å². The lowest BCUT2D eigenvalue weighted by Crippen LogP contribution is -2.35. The second-order valence-electron chi connectivity index (χ2n) is 5.66. The Hall–Kier alpha value is -0.900. The minimum Gasteiger partial charge on any atom is -0.490 e. The molecule has 0 saturated heterocycles. The fraction of sp³-hybridized carbons (Fsp3) is 0.500. The van der Waals surface area contributed by atoms with Gasteiger partial charge in [-0.1, -0.05) is 29.3 Å². The van der Waals surface area contributed by atoms with E-state index >= 15 is 0 Å². The van der Waals surface area contributed by atoms with Crippen LogP contribution in [0, 0.1) is 0 Å². The van der Waals surface area contributed by atoms with Crippen LogP contribution in [0.5, 0.6) is 11.5 Å². The van der Waals surface area contributed by atoms with Crippen molar-refractivity contribution >= 4 is 23.2 Å². The third-order valence-corrected chi connectivity index (χ3v) is 3.21. The summed E-state index contributed by atoms with van der Waals surface area (Å²) in [5.41, 5.74) is 2.50. The van der Waals surface area contributed by atoms with Gasteiger partial charge in [-0.05, 0) is 45.4 Å². The summed E-state index contributed by atoms with van der Waals surface area (Å²) >= 11 is 11.3. The summed E-state index contributed by atoms with van der Waals surface area (Å²) in [6.45, 7) is 9.91. The van der Waals surface area contributed by atoms with Crippen molar-refractivity contribution in [1.82, 2.24) is 5.32 Å². The molecule has 0 aliphatic carbocycles. The van der Waals surface area contributed by atoms with Crippen molar-refractivity contribution in [3.05, 3.63) is 34.3 Å². The van der Waals surface area contributed by atoms with Crippen LogP contribution in [0.15, 0.2) is 28.8 Å². The van der Waals surface area contributed by atoms with Crippen molar-refractivity contribution in [1.29, 1.82) is 0 Å².